The van der Waals surface area contributed by atoms with E-state index in [1.807, 2.05) is 11.3 Å². The van der Waals surface area contributed by atoms with Crippen LogP contribution < -0.4 is 10.2 Å². The van der Waals surface area contributed by atoms with Gasteiger partial charge in [0.1, 0.15) is 5.82 Å². The lowest BCUT2D eigenvalue weighted by atomic mass is 10.1. The van der Waals surface area contributed by atoms with Gasteiger partial charge in [-0.2, -0.15) is 4.98 Å². The van der Waals surface area contributed by atoms with E-state index in [0.717, 1.165) is 29.2 Å². The average molecular weight is 393 g/mol. The van der Waals surface area contributed by atoms with E-state index in [2.05, 4.69) is 52.0 Å². The second kappa shape index (κ2) is 8.08. The number of hydrogen-bond donors (Lipinski definition) is 1. The Labute approximate surface area is 171 Å². The molecule has 3 aromatic rings. The molecule has 0 spiro atoms. The highest BCUT2D eigenvalue weighted by Gasteiger charge is 2.27. The van der Waals surface area contributed by atoms with Gasteiger partial charge in [-0.05, 0) is 49.3 Å². The Morgan fingerprint density at radius 3 is 2.61 bits per heavy atom. The van der Waals surface area contributed by atoms with Crippen LogP contribution in [0.1, 0.15) is 62.3 Å². The van der Waals surface area contributed by atoms with Crippen LogP contribution in [0, 0.1) is 0 Å². The van der Waals surface area contributed by atoms with Gasteiger partial charge in [-0.25, -0.2) is 4.98 Å². The smallest absolute Gasteiger partial charge is 0.228 e. The molecule has 0 radical (unpaired) electrons. The summed E-state index contributed by atoms with van der Waals surface area (Å²) in [6.07, 6.45) is 10.1. The third-order valence-corrected chi connectivity index (χ3v) is 7.14. The minimum atomic E-state index is 0.392. The topological polar surface area (TPSA) is 41.1 Å². The molecule has 1 aromatic carbocycles. The van der Waals surface area contributed by atoms with Crippen LogP contribution in [-0.4, -0.2) is 22.6 Å². The maximum Gasteiger partial charge on any atom is 0.228 e. The highest BCUT2D eigenvalue weighted by Crippen LogP contribution is 2.36. The Morgan fingerprint density at radius 1 is 0.893 bits per heavy atom. The third kappa shape index (κ3) is 3.60. The molecule has 0 bridgehead atoms. The van der Waals surface area contributed by atoms with Gasteiger partial charge in [-0.15, -0.1) is 11.3 Å². The van der Waals surface area contributed by atoms with Crippen LogP contribution >= 0.6 is 11.3 Å². The number of benzene rings is 1. The molecule has 1 aliphatic carbocycles. The number of fused-ring (bicyclic) bond motifs is 1. The Kier molecular flexibility index (Phi) is 5.17. The molecular formula is C23H28N4S. The van der Waals surface area contributed by atoms with Crippen LogP contribution in [0.5, 0.6) is 0 Å². The summed E-state index contributed by atoms with van der Waals surface area (Å²) in [5, 5.41) is 7.08. The summed E-state index contributed by atoms with van der Waals surface area (Å²) < 4.78 is 0. The minimum Gasteiger partial charge on any atom is -0.367 e. The quantitative estimate of drug-likeness (QED) is 0.577. The molecule has 0 amide bonds. The standard InChI is InChI=1S/C23H28N4S/c1-2-13-20(21-14-8-16-28-21)27(15-7-1)23-25-19-12-6-5-11-18(19)22(26-23)24-17-9-3-4-10-17/h5-6,8,11-12,14,16-17,20H,1-4,7,9-10,13,15H2,(H,24,25,26). The van der Waals surface area contributed by atoms with Crippen molar-refractivity contribution in [3.05, 3.63) is 46.7 Å². The van der Waals surface area contributed by atoms with Crippen LogP contribution in [-0.2, 0) is 0 Å². The number of thiophene rings is 1. The summed E-state index contributed by atoms with van der Waals surface area (Å²) in [6.45, 7) is 1.03. The molecule has 1 N–H and O–H groups in total. The molecule has 2 aliphatic rings. The molecule has 4 nitrogen and oxygen atoms in total. The third-order valence-electron chi connectivity index (χ3n) is 6.17. The van der Waals surface area contributed by atoms with Crippen molar-refractivity contribution in [2.75, 3.05) is 16.8 Å². The van der Waals surface area contributed by atoms with Gasteiger partial charge in [0.25, 0.3) is 0 Å². The Morgan fingerprint density at radius 2 is 1.75 bits per heavy atom. The van der Waals surface area contributed by atoms with Crippen LogP contribution in [0.2, 0.25) is 0 Å². The molecule has 1 saturated carbocycles. The number of hydrogen-bond acceptors (Lipinski definition) is 5. The zero-order valence-corrected chi connectivity index (χ0v) is 17.1. The predicted molar refractivity (Wildman–Crippen MR) is 118 cm³/mol. The zero-order chi connectivity index (χ0) is 18.8. The zero-order valence-electron chi connectivity index (χ0n) is 16.3. The van der Waals surface area contributed by atoms with Gasteiger partial charge in [0.2, 0.25) is 5.95 Å². The van der Waals surface area contributed by atoms with E-state index >= 15 is 0 Å². The molecule has 146 valence electrons. The van der Waals surface area contributed by atoms with E-state index in [-0.39, 0.29) is 0 Å². The number of aromatic nitrogens is 2. The van der Waals surface area contributed by atoms with Crippen molar-refractivity contribution >= 4 is 34.0 Å². The first-order valence-electron chi connectivity index (χ1n) is 10.7. The fourth-order valence-electron chi connectivity index (χ4n) is 4.69. The van der Waals surface area contributed by atoms with Crippen molar-refractivity contribution in [2.45, 2.75) is 63.5 Å². The van der Waals surface area contributed by atoms with Gasteiger partial charge in [0.05, 0.1) is 11.6 Å². The van der Waals surface area contributed by atoms with E-state index in [0.29, 0.717) is 12.1 Å². The summed E-state index contributed by atoms with van der Waals surface area (Å²) in [5.74, 6) is 1.90. The van der Waals surface area contributed by atoms with E-state index in [1.54, 1.807) is 0 Å². The monoisotopic (exact) mass is 392 g/mol. The summed E-state index contributed by atoms with van der Waals surface area (Å²) in [7, 11) is 0. The van der Waals surface area contributed by atoms with Crippen molar-refractivity contribution < 1.29 is 0 Å². The largest absolute Gasteiger partial charge is 0.367 e. The van der Waals surface area contributed by atoms with Gasteiger partial charge in [-0.1, -0.05) is 43.9 Å². The van der Waals surface area contributed by atoms with Gasteiger partial charge in [0.15, 0.2) is 0 Å². The van der Waals surface area contributed by atoms with Crippen LogP contribution in [0.4, 0.5) is 11.8 Å². The molecule has 3 heterocycles. The number of para-hydroxylation sites is 1. The van der Waals surface area contributed by atoms with Gasteiger partial charge < -0.3 is 10.2 Å². The van der Waals surface area contributed by atoms with E-state index < -0.39 is 0 Å². The Balaban J connectivity index is 1.56. The van der Waals surface area contributed by atoms with E-state index in [9.17, 15) is 0 Å². The number of rotatable bonds is 4. The van der Waals surface area contributed by atoms with Crippen LogP contribution in [0.3, 0.4) is 0 Å². The lowest BCUT2D eigenvalue weighted by Gasteiger charge is -2.30. The van der Waals surface area contributed by atoms with Crippen molar-refractivity contribution in [2.24, 2.45) is 0 Å². The molecular weight excluding hydrogens is 364 g/mol. The number of nitrogens with zero attached hydrogens (tertiary/aromatic N) is 3. The molecule has 1 unspecified atom stereocenters. The van der Waals surface area contributed by atoms with Gasteiger partial charge in [-0.3, -0.25) is 0 Å². The Hall–Kier alpha value is -2.14. The lowest BCUT2D eigenvalue weighted by molar-refractivity contribution is 0.600. The second-order valence-corrected chi connectivity index (χ2v) is 9.07. The fraction of sp³-hybridized carbons (Fsp3) is 0.478. The molecule has 2 fully saturated rings. The average Bonchev–Trinajstić information content (AvgIpc) is 3.38. The van der Waals surface area contributed by atoms with Crippen molar-refractivity contribution in [3.63, 3.8) is 0 Å². The summed E-state index contributed by atoms with van der Waals surface area (Å²) in [6, 6.07) is 13.8. The first-order valence-corrected chi connectivity index (χ1v) is 11.6. The highest BCUT2D eigenvalue weighted by molar-refractivity contribution is 7.10. The Bertz CT molecular complexity index is 918. The van der Waals surface area contributed by atoms with Crippen LogP contribution in [0.25, 0.3) is 10.9 Å². The summed E-state index contributed by atoms with van der Waals surface area (Å²) >= 11 is 1.86. The molecule has 1 atom stereocenters. The lowest BCUT2D eigenvalue weighted by Crippen LogP contribution is -2.30. The predicted octanol–water partition coefficient (Wildman–Crippen LogP) is 6.17. The first kappa shape index (κ1) is 17.9. The highest BCUT2D eigenvalue weighted by atomic mass is 32.1. The van der Waals surface area contributed by atoms with Crippen molar-refractivity contribution in [1.82, 2.24) is 9.97 Å². The van der Waals surface area contributed by atoms with Gasteiger partial charge >= 0.3 is 0 Å². The number of nitrogens with one attached hydrogen (secondary N) is 1. The minimum absolute atomic E-state index is 0.392. The maximum atomic E-state index is 5.10. The van der Waals surface area contributed by atoms with E-state index in [1.165, 1.54) is 56.2 Å². The summed E-state index contributed by atoms with van der Waals surface area (Å²) in [4.78, 5) is 14.0. The van der Waals surface area contributed by atoms with Gasteiger partial charge in [0, 0.05) is 22.8 Å². The van der Waals surface area contributed by atoms with Crippen LogP contribution in [0.15, 0.2) is 41.8 Å². The molecule has 5 heteroatoms. The molecule has 28 heavy (non-hydrogen) atoms. The molecule has 2 aromatic heterocycles. The number of anilines is 2. The molecule has 1 aliphatic heterocycles. The second-order valence-electron chi connectivity index (χ2n) is 8.09. The van der Waals surface area contributed by atoms with Crippen molar-refractivity contribution in [3.8, 4) is 0 Å². The van der Waals surface area contributed by atoms with E-state index in [4.69, 9.17) is 9.97 Å². The van der Waals surface area contributed by atoms with Crippen molar-refractivity contribution in [1.29, 1.82) is 0 Å². The SMILES string of the molecule is c1csc(C2CCCCCN2c2nc(NC3CCCC3)c3ccccc3n2)c1. The normalized spacial score (nSPS) is 21.1. The first-order chi connectivity index (χ1) is 13.9. The molecule has 1 saturated heterocycles. The molecule has 5 rings (SSSR count). The summed E-state index contributed by atoms with van der Waals surface area (Å²) in [5.41, 5.74) is 1.04. The fourth-order valence-corrected chi connectivity index (χ4v) is 5.56. The maximum absolute atomic E-state index is 5.10.